The molecular formula is C28H31F2N5O4. The highest BCUT2D eigenvalue weighted by molar-refractivity contribution is 5.92. The molecule has 3 heterocycles. The minimum absolute atomic E-state index is 0.0203. The van der Waals surface area contributed by atoms with Gasteiger partial charge in [0.25, 0.3) is 0 Å². The van der Waals surface area contributed by atoms with Crippen LogP contribution in [0.1, 0.15) is 26.2 Å². The van der Waals surface area contributed by atoms with Gasteiger partial charge in [-0.05, 0) is 37.8 Å². The second kappa shape index (κ2) is 11.1. The zero-order chi connectivity index (χ0) is 27.7. The minimum atomic E-state index is -0.927. The van der Waals surface area contributed by atoms with Crippen LogP contribution in [0, 0.1) is 23.5 Å². The predicted octanol–water partition coefficient (Wildman–Crippen LogP) is 4.77. The van der Waals surface area contributed by atoms with Crippen LogP contribution in [-0.2, 0) is 9.53 Å². The number of aromatic nitrogens is 3. The van der Waals surface area contributed by atoms with E-state index in [1.165, 1.54) is 26.5 Å². The van der Waals surface area contributed by atoms with Crippen molar-refractivity contribution in [3.63, 3.8) is 0 Å². The molecule has 206 valence electrons. The first kappa shape index (κ1) is 26.7. The molecule has 1 saturated heterocycles. The van der Waals surface area contributed by atoms with Crippen LogP contribution in [0.3, 0.4) is 0 Å². The maximum absolute atomic E-state index is 15.3. The van der Waals surface area contributed by atoms with Crippen molar-refractivity contribution < 1.29 is 27.8 Å². The number of ether oxygens (including phenoxy) is 3. The maximum atomic E-state index is 15.3. The molecule has 3 aromatic rings. The molecule has 2 N–H and O–H groups in total. The summed E-state index contributed by atoms with van der Waals surface area (Å²) in [7, 11) is 2.58. The molecule has 1 aromatic carbocycles. The van der Waals surface area contributed by atoms with Crippen molar-refractivity contribution in [2.24, 2.45) is 11.8 Å². The Kier molecular flexibility index (Phi) is 7.60. The van der Waals surface area contributed by atoms with Crippen molar-refractivity contribution in [3.8, 4) is 22.9 Å². The van der Waals surface area contributed by atoms with E-state index in [1.54, 1.807) is 6.07 Å². The first-order valence-electron chi connectivity index (χ1n) is 12.9. The van der Waals surface area contributed by atoms with Crippen LogP contribution in [0.2, 0.25) is 0 Å². The highest BCUT2D eigenvalue weighted by Gasteiger charge is 2.31. The highest BCUT2D eigenvalue weighted by Crippen LogP contribution is 2.39. The average Bonchev–Trinajstić information content (AvgIpc) is 3.70. The van der Waals surface area contributed by atoms with Crippen molar-refractivity contribution in [1.82, 2.24) is 15.0 Å². The zero-order valence-corrected chi connectivity index (χ0v) is 22.1. The van der Waals surface area contributed by atoms with Crippen molar-refractivity contribution in [3.05, 3.63) is 42.6 Å². The number of carbonyl (C=O) groups excluding carboxylic acids is 1. The van der Waals surface area contributed by atoms with Crippen LogP contribution < -0.4 is 20.1 Å². The van der Waals surface area contributed by atoms with Crippen LogP contribution in [-0.4, -0.2) is 60.3 Å². The fraction of sp³-hybridized carbons (Fsp3) is 0.429. The van der Waals surface area contributed by atoms with Crippen molar-refractivity contribution in [2.45, 2.75) is 38.3 Å². The Bertz CT molecular complexity index is 1390. The number of nitrogens with one attached hydrogen (secondary N) is 2. The Morgan fingerprint density at radius 3 is 2.54 bits per heavy atom. The molecule has 3 atom stereocenters. The molecule has 0 spiro atoms. The standard InChI is InChI=1S/C28H31F2N5O4/c1-5-17(36)8-16-12-39-13-20(16)33-23-9-18-19(11-31-23)34-28(35-27(18)32-14(2)15-6-7-15)24-25(29)21(37-3)10-22(38-4)26(24)30/h5,9-11,14-16,20H,1,6-8,12-13H2,2-4H3,(H,31,33)(H,32,34,35)/t14-,16-,20+/m0/s1. The lowest BCUT2D eigenvalue weighted by molar-refractivity contribution is -0.115. The second-order valence-electron chi connectivity index (χ2n) is 9.96. The number of carbonyl (C=O) groups is 1. The predicted molar refractivity (Wildman–Crippen MR) is 143 cm³/mol. The number of benzene rings is 1. The Hall–Kier alpha value is -3.86. The molecule has 0 amide bonds. The smallest absolute Gasteiger partial charge is 0.179 e. The molecule has 5 rings (SSSR count). The minimum Gasteiger partial charge on any atom is -0.494 e. The molecule has 11 heteroatoms. The third kappa shape index (κ3) is 5.49. The molecule has 9 nitrogen and oxygen atoms in total. The molecule has 1 saturated carbocycles. The second-order valence-corrected chi connectivity index (χ2v) is 9.96. The van der Waals surface area contributed by atoms with Gasteiger partial charge in [0.05, 0.1) is 50.8 Å². The lowest BCUT2D eigenvalue weighted by Crippen LogP contribution is -2.29. The molecule has 2 aromatic heterocycles. The number of rotatable bonds is 11. The fourth-order valence-electron chi connectivity index (χ4n) is 4.84. The van der Waals surface area contributed by atoms with E-state index >= 15 is 8.78 Å². The summed E-state index contributed by atoms with van der Waals surface area (Å²) in [5, 5.41) is 7.42. The summed E-state index contributed by atoms with van der Waals surface area (Å²) < 4.78 is 46.4. The van der Waals surface area contributed by atoms with Gasteiger partial charge in [-0.15, -0.1) is 0 Å². The van der Waals surface area contributed by atoms with Gasteiger partial charge in [0.2, 0.25) is 0 Å². The molecule has 0 bridgehead atoms. The van der Waals surface area contributed by atoms with Crippen LogP contribution in [0.15, 0.2) is 31.0 Å². The van der Waals surface area contributed by atoms with E-state index in [0.29, 0.717) is 48.1 Å². The Labute approximate surface area is 225 Å². The van der Waals surface area contributed by atoms with E-state index in [0.717, 1.165) is 18.9 Å². The van der Waals surface area contributed by atoms with E-state index in [1.807, 2.05) is 0 Å². The van der Waals surface area contributed by atoms with E-state index in [2.05, 4.69) is 39.1 Å². The number of fused-ring (bicyclic) bond motifs is 1. The quantitative estimate of drug-likeness (QED) is 0.333. The Balaban J connectivity index is 1.56. The van der Waals surface area contributed by atoms with Crippen molar-refractivity contribution in [1.29, 1.82) is 0 Å². The molecule has 1 aliphatic carbocycles. The molecule has 0 radical (unpaired) electrons. The summed E-state index contributed by atoms with van der Waals surface area (Å²) in [6.07, 6.45) is 5.38. The van der Waals surface area contributed by atoms with E-state index < -0.39 is 17.2 Å². The number of allylic oxidation sites excluding steroid dienone is 1. The number of hydrogen-bond donors (Lipinski definition) is 2. The largest absolute Gasteiger partial charge is 0.494 e. The molecule has 39 heavy (non-hydrogen) atoms. The number of methoxy groups -OCH3 is 2. The molecule has 2 aliphatic rings. The van der Waals surface area contributed by atoms with Crippen molar-refractivity contribution >= 4 is 28.3 Å². The van der Waals surface area contributed by atoms with Gasteiger partial charge in [-0.2, -0.15) is 0 Å². The summed E-state index contributed by atoms with van der Waals surface area (Å²) in [6, 6.07) is 2.91. The number of halogens is 2. The van der Waals surface area contributed by atoms with Crippen LogP contribution in [0.25, 0.3) is 22.3 Å². The van der Waals surface area contributed by atoms with E-state index in [4.69, 9.17) is 14.2 Å². The zero-order valence-electron chi connectivity index (χ0n) is 22.1. The van der Waals surface area contributed by atoms with Gasteiger partial charge in [0.15, 0.2) is 34.7 Å². The highest BCUT2D eigenvalue weighted by atomic mass is 19.1. The summed E-state index contributed by atoms with van der Waals surface area (Å²) in [4.78, 5) is 25.5. The summed E-state index contributed by atoms with van der Waals surface area (Å²) in [5.74, 6) is -0.978. The third-order valence-electron chi connectivity index (χ3n) is 7.30. The van der Waals surface area contributed by atoms with Gasteiger partial charge in [0, 0.05) is 29.8 Å². The summed E-state index contributed by atoms with van der Waals surface area (Å²) in [6.45, 7) is 6.50. The topological polar surface area (TPSA) is 107 Å². The van der Waals surface area contributed by atoms with E-state index in [9.17, 15) is 4.79 Å². The summed E-state index contributed by atoms with van der Waals surface area (Å²) >= 11 is 0. The fourth-order valence-corrected chi connectivity index (χ4v) is 4.84. The monoisotopic (exact) mass is 539 g/mol. The molecule has 1 aliphatic heterocycles. The normalized spacial score (nSPS) is 19.5. The van der Waals surface area contributed by atoms with Gasteiger partial charge in [-0.25, -0.2) is 23.7 Å². The molecular weight excluding hydrogens is 508 g/mol. The number of nitrogens with zero attached hydrogens (tertiary/aromatic N) is 3. The van der Waals surface area contributed by atoms with Gasteiger partial charge in [0.1, 0.15) is 11.6 Å². The lowest BCUT2D eigenvalue weighted by Gasteiger charge is -2.20. The van der Waals surface area contributed by atoms with E-state index in [-0.39, 0.29) is 41.1 Å². The number of ketones is 1. The summed E-state index contributed by atoms with van der Waals surface area (Å²) in [5.41, 5.74) is -0.0482. The van der Waals surface area contributed by atoms with Gasteiger partial charge >= 0.3 is 0 Å². The van der Waals surface area contributed by atoms with Gasteiger partial charge < -0.3 is 24.8 Å². The van der Waals surface area contributed by atoms with Crippen LogP contribution in [0.4, 0.5) is 20.4 Å². The number of anilines is 2. The van der Waals surface area contributed by atoms with Crippen molar-refractivity contribution in [2.75, 3.05) is 38.1 Å². The first-order valence-corrected chi connectivity index (χ1v) is 12.9. The Morgan fingerprint density at radius 1 is 1.18 bits per heavy atom. The molecule has 2 fully saturated rings. The molecule has 0 unspecified atom stereocenters. The lowest BCUT2D eigenvalue weighted by atomic mass is 9.97. The number of pyridine rings is 1. The maximum Gasteiger partial charge on any atom is 0.179 e. The SMILES string of the molecule is C=CC(=O)C[C@H]1COC[C@H]1Nc1cc2c(N[C@@H](C)C3CC3)nc(-c3c(F)c(OC)cc(OC)c3F)nc2cn1. The average molecular weight is 540 g/mol. The van der Waals surface area contributed by atoms with Crippen LogP contribution in [0.5, 0.6) is 11.5 Å². The van der Waals surface area contributed by atoms with Crippen LogP contribution >= 0.6 is 0 Å². The number of hydrogen-bond acceptors (Lipinski definition) is 9. The Morgan fingerprint density at radius 2 is 1.90 bits per heavy atom. The van der Waals surface area contributed by atoms with Gasteiger partial charge in [-0.1, -0.05) is 6.58 Å². The first-order chi connectivity index (χ1) is 18.8. The third-order valence-corrected chi connectivity index (χ3v) is 7.30. The van der Waals surface area contributed by atoms with Gasteiger partial charge in [-0.3, -0.25) is 4.79 Å².